The largest absolute Gasteiger partial charge is 0.508 e. The minimum atomic E-state index is -1.17. The molecule has 0 aliphatic rings. The van der Waals surface area contributed by atoms with Crippen molar-refractivity contribution in [3.8, 4) is 5.75 Å². The van der Waals surface area contributed by atoms with Crippen LogP contribution in [0.5, 0.6) is 5.75 Å². The van der Waals surface area contributed by atoms with Crippen LogP contribution in [0.4, 0.5) is 0 Å². The number of phenols is 1. The van der Waals surface area contributed by atoms with Gasteiger partial charge in [0.15, 0.2) is 0 Å². The van der Waals surface area contributed by atoms with Gasteiger partial charge in [-0.2, -0.15) is 0 Å². The number of nitrogens with two attached hydrogens (primary N) is 1. The van der Waals surface area contributed by atoms with Crippen molar-refractivity contribution in [1.29, 1.82) is 0 Å². The summed E-state index contributed by atoms with van der Waals surface area (Å²) in [6, 6.07) is 4.06. The van der Waals surface area contributed by atoms with Crippen LogP contribution in [0.2, 0.25) is 0 Å². The Morgan fingerprint density at radius 2 is 1.88 bits per heavy atom. The maximum absolute atomic E-state index is 12.0. The predicted molar refractivity (Wildman–Crippen MR) is 90.5 cm³/mol. The fraction of sp³-hybridized carbons (Fsp3) is 0.400. The van der Waals surface area contributed by atoms with E-state index >= 15 is 0 Å². The number of hydrogen-bond acceptors (Lipinski definition) is 6. The zero-order valence-corrected chi connectivity index (χ0v) is 14.0. The lowest BCUT2D eigenvalue weighted by Crippen LogP contribution is -2.50. The molecule has 0 spiro atoms. The first-order chi connectivity index (χ1) is 11.3. The van der Waals surface area contributed by atoms with E-state index in [2.05, 4.69) is 10.6 Å². The number of aromatic hydroxyl groups is 1. The summed E-state index contributed by atoms with van der Waals surface area (Å²) in [7, 11) is 0. The first-order valence-electron chi connectivity index (χ1n) is 7.18. The second-order valence-electron chi connectivity index (χ2n) is 5.12. The Hall–Kier alpha value is -2.26. The standard InChI is InChI=1S/C15H21N3O5S/c1-9(19)17-8-24-7-12(16)14(21)18-13(15(22)23)6-10-2-4-11(20)5-3-10/h2-5,12-13,20H,6-8,16H2,1H3,(H,17,19)(H,18,21)(H,22,23)/t12-,13+/m0/s1. The van der Waals surface area contributed by atoms with Crippen molar-refractivity contribution in [2.24, 2.45) is 5.73 Å². The van der Waals surface area contributed by atoms with Gasteiger partial charge < -0.3 is 26.6 Å². The number of carboxylic acids is 1. The topological polar surface area (TPSA) is 142 Å². The number of aliphatic carboxylic acids is 1. The van der Waals surface area contributed by atoms with Crippen LogP contribution in [0.15, 0.2) is 24.3 Å². The van der Waals surface area contributed by atoms with Crippen molar-refractivity contribution in [3.63, 3.8) is 0 Å². The van der Waals surface area contributed by atoms with Gasteiger partial charge >= 0.3 is 5.97 Å². The Bertz CT molecular complexity index is 579. The molecule has 2 atom stereocenters. The summed E-state index contributed by atoms with van der Waals surface area (Å²) in [5.74, 6) is -1.27. The highest BCUT2D eigenvalue weighted by molar-refractivity contribution is 7.99. The highest BCUT2D eigenvalue weighted by Crippen LogP contribution is 2.11. The third kappa shape index (κ3) is 7.34. The molecule has 0 unspecified atom stereocenters. The van der Waals surface area contributed by atoms with Crippen LogP contribution in [0.3, 0.4) is 0 Å². The zero-order chi connectivity index (χ0) is 18.1. The lowest BCUT2D eigenvalue weighted by molar-refractivity contribution is -0.141. The number of carbonyl (C=O) groups excluding carboxylic acids is 2. The minimum absolute atomic E-state index is 0.0765. The van der Waals surface area contributed by atoms with Gasteiger partial charge in [-0.3, -0.25) is 9.59 Å². The van der Waals surface area contributed by atoms with E-state index in [-0.39, 0.29) is 23.8 Å². The Labute approximate surface area is 143 Å². The lowest BCUT2D eigenvalue weighted by Gasteiger charge is -2.18. The fourth-order valence-electron chi connectivity index (χ4n) is 1.76. The van der Waals surface area contributed by atoms with Crippen LogP contribution in [0.1, 0.15) is 12.5 Å². The van der Waals surface area contributed by atoms with E-state index in [1.807, 2.05) is 0 Å². The summed E-state index contributed by atoms with van der Waals surface area (Å²) in [4.78, 5) is 34.0. The summed E-state index contributed by atoms with van der Waals surface area (Å²) in [5.41, 5.74) is 6.39. The SMILES string of the molecule is CC(=O)NCSC[C@H](N)C(=O)N[C@H](Cc1ccc(O)cc1)C(=O)O. The van der Waals surface area contributed by atoms with Gasteiger partial charge in [0.05, 0.1) is 11.9 Å². The highest BCUT2D eigenvalue weighted by Gasteiger charge is 2.23. The van der Waals surface area contributed by atoms with Gasteiger partial charge in [0.25, 0.3) is 0 Å². The average molecular weight is 355 g/mol. The number of rotatable bonds is 9. The molecule has 1 aromatic rings. The smallest absolute Gasteiger partial charge is 0.326 e. The molecule has 0 bridgehead atoms. The summed E-state index contributed by atoms with van der Waals surface area (Å²) >= 11 is 1.27. The van der Waals surface area contributed by atoms with Gasteiger partial charge in [-0.05, 0) is 17.7 Å². The average Bonchev–Trinajstić information content (AvgIpc) is 2.52. The molecule has 9 heteroatoms. The van der Waals surface area contributed by atoms with E-state index < -0.39 is 24.0 Å². The Balaban J connectivity index is 2.51. The van der Waals surface area contributed by atoms with Crippen molar-refractivity contribution in [2.45, 2.75) is 25.4 Å². The number of hydrogen-bond donors (Lipinski definition) is 5. The second-order valence-corrected chi connectivity index (χ2v) is 6.15. The molecular weight excluding hydrogens is 334 g/mol. The van der Waals surface area contributed by atoms with E-state index in [0.717, 1.165) is 0 Å². The summed E-state index contributed by atoms with van der Waals surface area (Å²) in [6.45, 7) is 1.38. The third-order valence-corrected chi connectivity index (χ3v) is 3.99. The highest BCUT2D eigenvalue weighted by atomic mass is 32.2. The number of benzene rings is 1. The first-order valence-corrected chi connectivity index (χ1v) is 8.34. The van der Waals surface area contributed by atoms with Crippen molar-refractivity contribution < 1.29 is 24.6 Å². The van der Waals surface area contributed by atoms with E-state index in [1.54, 1.807) is 12.1 Å². The first kappa shape index (κ1) is 19.8. The summed E-state index contributed by atoms with van der Waals surface area (Å²) in [6.07, 6.45) is 0.0765. The van der Waals surface area contributed by atoms with E-state index in [9.17, 15) is 24.6 Å². The Morgan fingerprint density at radius 1 is 1.25 bits per heavy atom. The van der Waals surface area contributed by atoms with E-state index in [0.29, 0.717) is 11.4 Å². The van der Waals surface area contributed by atoms with Gasteiger partial charge in [0.2, 0.25) is 11.8 Å². The molecular formula is C15H21N3O5S. The molecule has 24 heavy (non-hydrogen) atoms. The van der Waals surface area contributed by atoms with Crippen LogP contribution in [0.25, 0.3) is 0 Å². The van der Waals surface area contributed by atoms with Crippen molar-refractivity contribution in [2.75, 3.05) is 11.6 Å². The molecule has 8 nitrogen and oxygen atoms in total. The normalized spacial score (nSPS) is 12.9. The number of thioether (sulfide) groups is 1. The zero-order valence-electron chi connectivity index (χ0n) is 13.2. The number of amides is 2. The van der Waals surface area contributed by atoms with Crippen LogP contribution >= 0.6 is 11.8 Å². The molecule has 132 valence electrons. The van der Waals surface area contributed by atoms with E-state index in [1.165, 1.54) is 30.8 Å². The van der Waals surface area contributed by atoms with Crippen LogP contribution < -0.4 is 16.4 Å². The molecule has 2 amide bonds. The van der Waals surface area contributed by atoms with Gasteiger partial charge in [-0.15, -0.1) is 11.8 Å². The summed E-state index contributed by atoms with van der Waals surface area (Å²) < 4.78 is 0. The molecule has 0 aliphatic carbocycles. The lowest BCUT2D eigenvalue weighted by atomic mass is 10.1. The quantitative estimate of drug-likeness (QED) is 0.301. The molecule has 0 heterocycles. The van der Waals surface area contributed by atoms with Gasteiger partial charge in [-0.25, -0.2) is 4.79 Å². The maximum Gasteiger partial charge on any atom is 0.326 e. The molecule has 0 aliphatic heterocycles. The third-order valence-electron chi connectivity index (χ3n) is 3.05. The molecule has 0 saturated heterocycles. The monoisotopic (exact) mass is 355 g/mol. The molecule has 0 saturated carbocycles. The minimum Gasteiger partial charge on any atom is -0.508 e. The van der Waals surface area contributed by atoms with Crippen LogP contribution in [0, 0.1) is 0 Å². The fourth-order valence-corrected chi connectivity index (χ4v) is 2.59. The van der Waals surface area contributed by atoms with Crippen molar-refractivity contribution in [1.82, 2.24) is 10.6 Å². The number of phenolic OH excluding ortho intramolecular Hbond substituents is 1. The number of nitrogens with one attached hydrogen (secondary N) is 2. The Kier molecular flexibility index (Phi) is 8.07. The molecule has 1 rings (SSSR count). The predicted octanol–water partition coefficient (Wildman–Crippen LogP) is -0.342. The number of carbonyl (C=O) groups is 3. The van der Waals surface area contributed by atoms with Crippen molar-refractivity contribution in [3.05, 3.63) is 29.8 Å². The Morgan fingerprint density at radius 3 is 2.42 bits per heavy atom. The number of carboxylic acid groups (broad SMARTS) is 1. The molecule has 6 N–H and O–H groups in total. The second kappa shape index (κ2) is 9.78. The molecule has 0 fully saturated rings. The molecule has 0 radical (unpaired) electrons. The molecule has 0 aromatic heterocycles. The van der Waals surface area contributed by atoms with Crippen molar-refractivity contribution >= 4 is 29.5 Å². The van der Waals surface area contributed by atoms with Gasteiger partial charge in [-0.1, -0.05) is 12.1 Å². The van der Waals surface area contributed by atoms with E-state index in [4.69, 9.17) is 5.73 Å². The van der Waals surface area contributed by atoms with Gasteiger partial charge in [0.1, 0.15) is 11.8 Å². The van der Waals surface area contributed by atoms with Crippen LogP contribution in [-0.4, -0.2) is 51.7 Å². The maximum atomic E-state index is 12.0. The molecule has 1 aromatic carbocycles. The van der Waals surface area contributed by atoms with Crippen LogP contribution in [-0.2, 0) is 20.8 Å². The summed E-state index contributed by atoms with van der Waals surface area (Å²) in [5, 5.41) is 23.4. The van der Waals surface area contributed by atoms with Gasteiger partial charge in [0, 0.05) is 19.1 Å².